The molecule has 0 fully saturated rings. The maximum absolute atomic E-state index is 10.2. The number of aliphatic carboxylic acids is 1. The van der Waals surface area contributed by atoms with Gasteiger partial charge in [-0.25, -0.2) is 0 Å². The first kappa shape index (κ1) is 5.56. The first-order valence-corrected chi connectivity index (χ1v) is 3.65. The van der Waals surface area contributed by atoms with Crippen molar-refractivity contribution in [1.82, 2.24) is 0 Å². The Hall–Kier alpha value is -0.220. The highest BCUT2D eigenvalue weighted by Gasteiger charge is 2.08. The van der Waals surface area contributed by atoms with Crippen LogP contribution in [0.1, 0.15) is 9.14 Å². The predicted octanol–water partition coefficient (Wildman–Crippen LogP) is 0.151. The van der Waals surface area contributed by atoms with Crippen LogP contribution < -0.4 is 5.73 Å². The molecule has 0 unspecified atom stereocenters. The molecule has 3 N–H and O–H groups in total. The molecule has 0 saturated heterocycles. The molecule has 0 aliphatic heterocycles. The Morgan fingerprint density at radius 3 is 3.00 bits per heavy atom. The topological polar surface area (TPSA) is 63.3 Å². The maximum Gasteiger partial charge on any atom is 0.320 e. The minimum Gasteiger partial charge on any atom is -0.480 e. The molecule has 9 heavy (non-hydrogen) atoms. The normalized spacial score (nSPS) is 23.3. The molecule has 0 heterocycles. The van der Waals surface area contributed by atoms with Gasteiger partial charge in [-0.2, -0.15) is 11.8 Å². The summed E-state index contributed by atoms with van der Waals surface area (Å²) in [4.78, 5) is 10.2. The van der Waals surface area contributed by atoms with Crippen molar-refractivity contribution >= 4 is 17.7 Å². The second-order valence-electron chi connectivity index (χ2n) is 1.43. The number of hydrogen-bond acceptors (Lipinski definition) is 3. The van der Waals surface area contributed by atoms with E-state index in [4.69, 9.17) is 13.6 Å². The lowest BCUT2D eigenvalue weighted by molar-refractivity contribution is -0.138. The van der Waals surface area contributed by atoms with Gasteiger partial charge in [0.15, 0.2) is 0 Å². The zero-order valence-corrected chi connectivity index (χ0v) is 5.89. The van der Waals surface area contributed by atoms with Gasteiger partial charge < -0.3 is 10.8 Å². The van der Waals surface area contributed by atoms with Crippen LogP contribution in [0.25, 0.3) is 0 Å². The summed E-state index contributed by atoms with van der Waals surface area (Å²) in [7, 11) is 0. The van der Waals surface area contributed by atoms with Crippen molar-refractivity contribution in [1.29, 1.82) is 0 Å². The van der Waals surface area contributed by atoms with E-state index in [1.54, 1.807) is 6.26 Å². The number of carbonyl (C=O) groups is 1. The molecular formula is C5H11NO2S. The Kier molecular flexibility index (Phi) is 2.86. The van der Waals surface area contributed by atoms with E-state index in [0.717, 1.165) is 11.8 Å². The summed E-state index contributed by atoms with van der Waals surface area (Å²) in [5, 5.41) is 8.36. The second kappa shape index (κ2) is 4.64. The van der Waals surface area contributed by atoms with E-state index in [2.05, 4.69) is 0 Å². The highest BCUT2D eigenvalue weighted by molar-refractivity contribution is 7.98. The molecule has 0 aromatic carbocycles. The maximum atomic E-state index is 10.2. The van der Waals surface area contributed by atoms with E-state index in [1.165, 1.54) is 0 Å². The largest absolute Gasteiger partial charge is 0.480 e. The van der Waals surface area contributed by atoms with Gasteiger partial charge in [0.2, 0.25) is 0 Å². The first-order valence-electron chi connectivity index (χ1n) is 3.52. The Labute approximate surface area is 61.4 Å². The van der Waals surface area contributed by atoms with Crippen molar-refractivity contribution in [3.05, 3.63) is 0 Å². The first-order chi connectivity index (χ1) is 5.00. The van der Waals surface area contributed by atoms with E-state index in [9.17, 15) is 4.79 Å². The molecule has 0 rings (SSSR count). The van der Waals surface area contributed by atoms with Crippen LogP contribution in [0.3, 0.4) is 0 Å². The summed E-state index contributed by atoms with van der Waals surface area (Å²) in [5.41, 5.74) is 4.33. The van der Waals surface area contributed by atoms with Gasteiger partial charge in [-0.15, -0.1) is 0 Å². The van der Waals surface area contributed by atoms with Crippen LogP contribution in [-0.2, 0) is 4.79 Å². The van der Waals surface area contributed by atoms with Gasteiger partial charge in [0.1, 0.15) is 6.04 Å². The summed E-state index contributed by atoms with van der Waals surface area (Å²) in [6, 6.07) is -1.26. The van der Waals surface area contributed by atoms with Crippen LogP contribution in [0.15, 0.2) is 0 Å². The van der Waals surface area contributed by atoms with Crippen LogP contribution in [0.2, 0.25) is 0 Å². The number of carboxylic acids is 1. The molecular weight excluding hydrogens is 138 g/mol. The lowest BCUT2D eigenvalue weighted by atomic mass is 10.2. The van der Waals surface area contributed by atoms with Gasteiger partial charge in [0.05, 0.1) is 0 Å². The summed E-state index contributed by atoms with van der Waals surface area (Å²) < 4.78 is 14.4. The zero-order chi connectivity index (χ0) is 9.02. The fourth-order valence-corrected chi connectivity index (χ4v) is 0.572. The Morgan fingerprint density at radius 1 is 2.11 bits per heavy atom. The smallest absolute Gasteiger partial charge is 0.320 e. The molecule has 4 heteroatoms. The molecule has 0 saturated carbocycles. The van der Waals surface area contributed by atoms with E-state index in [-0.39, 0.29) is 0 Å². The van der Waals surface area contributed by atoms with Crippen LogP contribution in [0.4, 0.5) is 0 Å². The van der Waals surface area contributed by atoms with Crippen LogP contribution in [0, 0.1) is 0 Å². The van der Waals surface area contributed by atoms with E-state index < -0.39 is 24.1 Å². The predicted molar refractivity (Wildman–Crippen MR) is 38.6 cm³/mol. The molecule has 0 radical (unpaired) electrons. The average Bonchev–Trinajstić information content (AvgIpc) is 2.00. The second-order valence-corrected chi connectivity index (χ2v) is 2.17. The number of nitrogens with two attached hydrogens (primary N) is 1. The van der Waals surface area contributed by atoms with Gasteiger partial charge in [0.25, 0.3) is 0 Å². The van der Waals surface area contributed by atoms with E-state index in [0.29, 0.717) is 0 Å². The highest BCUT2D eigenvalue weighted by atomic mass is 32.2. The van der Waals surface area contributed by atoms with Crippen molar-refractivity contribution in [2.45, 2.75) is 12.4 Å². The fourth-order valence-electron chi connectivity index (χ4n) is 0.246. The molecule has 3 nitrogen and oxygen atoms in total. The molecule has 0 aliphatic rings. The number of thioether (sulfide) groups is 1. The van der Waals surface area contributed by atoms with Gasteiger partial charge in [-0.3, -0.25) is 4.79 Å². The SMILES string of the molecule is [2H][C@H]([C@H]([2H])SC)[C@H](N)C(=O)O. The monoisotopic (exact) mass is 151 g/mol. The van der Waals surface area contributed by atoms with Gasteiger partial charge in [0, 0.05) is 2.74 Å². The lowest BCUT2D eigenvalue weighted by Gasteiger charge is -2.02. The van der Waals surface area contributed by atoms with Crippen molar-refractivity contribution in [2.75, 3.05) is 12.0 Å². The fraction of sp³-hybridized carbons (Fsp3) is 0.800. The summed E-state index contributed by atoms with van der Waals surface area (Å²) in [6.07, 6.45) is 0.579. The molecule has 0 aromatic rings. The van der Waals surface area contributed by atoms with Crippen molar-refractivity contribution in [3.63, 3.8) is 0 Å². The Balaban J connectivity index is 4.00. The van der Waals surface area contributed by atoms with Gasteiger partial charge >= 0.3 is 5.97 Å². The number of hydrogen-bond donors (Lipinski definition) is 2. The van der Waals surface area contributed by atoms with Gasteiger partial charge in [-0.1, -0.05) is 0 Å². The third-order valence-electron chi connectivity index (χ3n) is 0.707. The van der Waals surface area contributed by atoms with Crippen molar-refractivity contribution in [2.24, 2.45) is 5.73 Å². The van der Waals surface area contributed by atoms with Crippen LogP contribution >= 0.6 is 11.8 Å². The molecule has 0 aliphatic carbocycles. The molecule has 0 amide bonds. The lowest BCUT2D eigenvalue weighted by Crippen LogP contribution is -2.30. The zero-order valence-electron chi connectivity index (χ0n) is 7.07. The summed E-state index contributed by atoms with van der Waals surface area (Å²) >= 11 is 1.11. The molecule has 0 spiro atoms. The average molecular weight is 151 g/mol. The standard InChI is InChI=1S/C5H11NO2S/c1-9-3-2-4(6)5(7)8/h4H,2-3,6H2,1H3,(H,7,8)/t4-/m0/s1/i2D,3D/t2-,3+,4+/m1. The molecule has 3 atom stereocenters. The van der Waals surface area contributed by atoms with Crippen molar-refractivity contribution in [3.8, 4) is 0 Å². The van der Waals surface area contributed by atoms with E-state index >= 15 is 0 Å². The summed E-state index contributed by atoms with van der Waals surface area (Å²) in [6.45, 7) is 0. The Bertz CT molecular complexity index is 146. The number of rotatable bonds is 4. The number of carboxylic acid groups (broad SMARTS) is 1. The minimum atomic E-state index is -1.26. The molecule has 0 aromatic heterocycles. The van der Waals surface area contributed by atoms with Crippen LogP contribution in [0.5, 0.6) is 0 Å². The van der Waals surface area contributed by atoms with E-state index in [1.807, 2.05) is 0 Å². The third-order valence-corrected chi connectivity index (χ3v) is 1.14. The summed E-state index contributed by atoms with van der Waals surface area (Å²) in [5.74, 6) is -1.23. The van der Waals surface area contributed by atoms with Gasteiger partial charge in [-0.05, 0) is 18.4 Å². The van der Waals surface area contributed by atoms with Crippen molar-refractivity contribution < 1.29 is 12.6 Å². The highest BCUT2D eigenvalue weighted by Crippen LogP contribution is 1.97. The minimum absolute atomic E-state index is 0.791. The third kappa shape index (κ3) is 4.29. The molecule has 0 bridgehead atoms. The quantitative estimate of drug-likeness (QED) is 0.600. The van der Waals surface area contributed by atoms with Crippen LogP contribution in [-0.4, -0.2) is 29.1 Å². The molecule has 54 valence electrons. The Morgan fingerprint density at radius 2 is 2.67 bits per heavy atom.